The fourth-order valence-electron chi connectivity index (χ4n) is 2.06. The van der Waals surface area contributed by atoms with Crippen molar-refractivity contribution in [2.75, 3.05) is 20.6 Å². The smallest absolute Gasteiger partial charge is 0.200 e. The monoisotopic (exact) mass is 237 g/mol. The molecule has 0 fully saturated rings. The second-order valence-corrected chi connectivity index (χ2v) is 6.14. The molecule has 0 spiro atoms. The number of hydrogen-bond donors (Lipinski definition) is 0. The van der Waals surface area contributed by atoms with E-state index < -0.39 is 9.84 Å². The lowest BCUT2D eigenvalue weighted by molar-refractivity contribution is 0.463. The molecule has 86 valence electrons. The standard InChI is InChI=1S/C12H15NO2S/c1-9-5-4-6-11-12(9)10(7-13(2)3)8-16(11,14)15/h4-6,8H,7H2,1-3H3. The summed E-state index contributed by atoms with van der Waals surface area (Å²) in [6.45, 7) is 2.60. The van der Waals surface area contributed by atoms with Crippen molar-refractivity contribution < 1.29 is 8.42 Å². The quantitative estimate of drug-likeness (QED) is 0.785. The van der Waals surface area contributed by atoms with Crippen LogP contribution in [0.1, 0.15) is 11.1 Å². The van der Waals surface area contributed by atoms with Gasteiger partial charge in [0.2, 0.25) is 9.84 Å². The third kappa shape index (κ3) is 1.79. The molecule has 0 saturated carbocycles. The van der Waals surface area contributed by atoms with Crippen LogP contribution in [-0.2, 0) is 9.84 Å². The van der Waals surface area contributed by atoms with Gasteiger partial charge in [0.1, 0.15) is 0 Å². The Morgan fingerprint density at radius 1 is 1.25 bits per heavy atom. The van der Waals surface area contributed by atoms with Crippen LogP contribution in [0.2, 0.25) is 0 Å². The molecule has 2 rings (SSSR count). The van der Waals surface area contributed by atoms with Gasteiger partial charge in [0, 0.05) is 17.5 Å². The lowest BCUT2D eigenvalue weighted by Gasteiger charge is -2.12. The van der Waals surface area contributed by atoms with Crippen molar-refractivity contribution in [3.05, 3.63) is 34.7 Å². The van der Waals surface area contributed by atoms with Gasteiger partial charge in [0.15, 0.2) is 0 Å². The van der Waals surface area contributed by atoms with Crippen LogP contribution in [-0.4, -0.2) is 34.0 Å². The highest BCUT2D eigenvalue weighted by Gasteiger charge is 2.27. The molecule has 0 bridgehead atoms. The zero-order valence-corrected chi connectivity index (χ0v) is 10.5. The Balaban J connectivity index is 2.62. The largest absolute Gasteiger partial charge is 0.305 e. The molecule has 1 aromatic carbocycles. The van der Waals surface area contributed by atoms with E-state index in [0.717, 1.165) is 16.7 Å². The average molecular weight is 237 g/mol. The first-order valence-corrected chi connectivity index (χ1v) is 6.67. The summed E-state index contributed by atoms with van der Waals surface area (Å²) in [5, 5.41) is 1.39. The molecule has 1 aromatic rings. The summed E-state index contributed by atoms with van der Waals surface area (Å²) in [5.74, 6) is 0. The van der Waals surface area contributed by atoms with Crippen molar-refractivity contribution in [3.8, 4) is 0 Å². The van der Waals surface area contributed by atoms with Crippen molar-refractivity contribution in [1.82, 2.24) is 4.90 Å². The van der Waals surface area contributed by atoms with Crippen molar-refractivity contribution in [1.29, 1.82) is 0 Å². The van der Waals surface area contributed by atoms with Crippen LogP contribution in [0.4, 0.5) is 0 Å². The van der Waals surface area contributed by atoms with Gasteiger partial charge in [-0.25, -0.2) is 8.42 Å². The molecule has 1 aliphatic heterocycles. The minimum absolute atomic E-state index is 0.448. The highest BCUT2D eigenvalue weighted by Crippen LogP contribution is 2.35. The molecular formula is C12H15NO2S. The summed E-state index contributed by atoms with van der Waals surface area (Å²) in [6.07, 6.45) is 0. The maximum absolute atomic E-state index is 11.9. The van der Waals surface area contributed by atoms with Crippen LogP contribution in [0, 0.1) is 6.92 Å². The molecule has 0 aromatic heterocycles. The second-order valence-electron chi connectivity index (χ2n) is 4.37. The van der Waals surface area contributed by atoms with Gasteiger partial charge in [-0.2, -0.15) is 0 Å². The van der Waals surface area contributed by atoms with E-state index in [9.17, 15) is 8.42 Å². The van der Waals surface area contributed by atoms with Crippen molar-refractivity contribution in [2.45, 2.75) is 11.8 Å². The van der Waals surface area contributed by atoms with Crippen molar-refractivity contribution in [3.63, 3.8) is 0 Å². The lowest BCUT2D eigenvalue weighted by Crippen LogP contribution is -2.14. The van der Waals surface area contributed by atoms with Gasteiger partial charge in [-0.05, 0) is 38.2 Å². The molecule has 4 heteroatoms. The average Bonchev–Trinajstić information content (AvgIpc) is 2.38. The second kappa shape index (κ2) is 3.71. The van der Waals surface area contributed by atoms with Gasteiger partial charge in [-0.15, -0.1) is 0 Å². The Labute approximate surface area is 96.3 Å². The predicted molar refractivity (Wildman–Crippen MR) is 64.9 cm³/mol. The number of nitrogens with zero attached hydrogens (tertiary/aromatic N) is 1. The number of fused-ring (bicyclic) bond motifs is 1. The van der Waals surface area contributed by atoms with E-state index in [2.05, 4.69) is 0 Å². The van der Waals surface area contributed by atoms with E-state index in [4.69, 9.17) is 0 Å². The minimum Gasteiger partial charge on any atom is -0.305 e. The fourth-order valence-corrected chi connectivity index (χ4v) is 3.59. The van der Waals surface area contributed by atoms with Gasteiger partial charge >= 0.3 is 0 Å². The Kier molecular flexibility index (Phi) is 2.64. The minimum atomic E-state index is -3.21. The third-order valence-electron chi connectivity index (χ3n) is 2.65. The van der Waals surface area contributed by atoms with E-state index in [0.29, 0.717) is 11.4 Å². The van der Waals surface area contributed by atoms with Gasteiger partial charge in [0.25, 0.3) is 0 Å². The molecule has 1 heterocycles. The van der Waals surface area contributed by atoms with E-state index in [1.807, 2.05) is 32.0 Å². The zero-order valence-electron chi connectivity index (χ0n) is 9.69. The molecule has 3 nitrogen and oxygen atoms in total. The van der Waals surface area contributed by atoms with Gasteiger partial charge in [-0.1, -0.05) is 12.1 Å². The lowest BCUT2D eigenvalue weighted by atomic mass is 10.0. The molecule has 0 unspecified atom stereocenters. The number of likely N-dealkylation sites (N-methyl/N-ethyl adjacent to an activating group) is 1. The fraction of sp³-hybridized carbons (Fsp3) is 0.333. The number of hydrogen-bond acceptors (Lipinski definition) is 3. The Bertz CT molecular complexity index is 556. The summed E-state index contributed by atoms with van der Waals surface area (Å²) >= 11 is 0. The Morgan fingerprint density at radius 3 is 2.56 bits per heavy atom. The summed E-state index contributed by atoms with van der Waals surface area (Å²) < 4.78 is 23.8. The summed E-state index contributed by atoms with van der Waals surface area (Å²) in [7, 11) is 0.657. The van der Waals surface area contributed by atoms with Crippen LogP contribution in [0.5, 0.6) is 0 Å². The van der Waals surface area contributed by atoms with Crippen LogP contribution in [0.25, 0.3) is 5.57 Å². The molecule has 0 atom stereocenters. The third-order valence-corrected chi connectivity index (χ3v) is 4.19. The van der Waals surface area contributed by atoms with E-state index in [1.165, 1.54) is 5.41 Å². The first-order chi connectivity index (χ1) is 7.42. The van der Waals surface area contributed by atoms with Crippen LogP contribution >= 0.6 is 0 Å². The van der Waals surface area contributed by atoms with Crippen molar-refractivity contribution >= 4 is 15.4 Å². The normalized spacial score (nSPS) is 17.4. The molecule has 1 aliphatic rings. The van der Waals surface area contributed by atoms with Crippen LogP contribution in [0.3, 0.4) is 0 Å². The van der Waals surface area contributed by atoms with Crippen LogP contribution in [0.15, 0.2) is 28.5 Å². The Hall–Kier alpha value is -1.13. The summed E-state index contributed by atoms with van der Waals surface area (Å²) in [4.78, 5) is 2.42. The number of sulfone groups is 1. The van der Waals surface area contributed by atoms with E-state index in [1.54, 1.807) is 12.1 Å². The van der Waals surface area contributed by atoms with Crippen molar-refractivity contribution in [2.24, 2.45) is 0 Å². The summed E-state index contributed by atoms with van der Waals surface area (Å²) in [6, 6.07) is 5.41. The molecular weight excluding hydrogens is 222 g/mol. The van der Waals surface area contributed by atoms with E-state index in [-0.39, 0.29) is 0 Å². The topological polar surface area (TPSA) is 37.4 Å². The number of rotatable bonds is 2. The molecule has 0 saturated heterocycles. The highest BCUT2D eigenvalue weighted by atomic mass is 32.2. The highest BCUT2D eigenvalue weighted by molar-refractivity contribution is 7.95. The van der Waals surface area contributed by atoms with Gasteiger partial charge in [0.05, 0.1) is 4.90 Å². The van der Waals surface area contributed by atoms with E-state index >= 15 is 0 Å². The van der Waals surface area contributed by atoms with Crippen LogP contribution < -0.4 is 0 Å². The molecule has 0 amide bonds. The SMILES string of the molecule is Cc1cccc2c1C(CN(C)C)=CS2(=O)=O. The molecule has 16 heavy (non-hydrogen) atoms. The molecule has 0 N–H and O–H groups in total. The first-order valence-electron chi connectivity index (χ1n) is 5.12. The molecule has 0 radical (unpaired) electrons. The molecule has 0 aliphatic carbocycles. The predicted octanol–water partition coefficient (Wildman–Crippen LogP) is 1.68. The number of aryl methyl sites for hydroxylation is 1. The maximum Gasteiger partial charge on any atom is 0.200 e. The Morgan fingerprint density at radius 2 is 1.94 bits per heavy atom. The summed E-state index contributed by atoms with van der Waals surface area (Å²) in [5.41, 5.74) is 2.79. The number of benzene rings is 1. The maximum atomic E-state index is 11.9. The first kappa shape index (κ1) is 11.4. The van der Waals surface area contributed by atoms with Gasteiger partial charge < -0.3 is 4.90 Å². The van der Waals surface area contributed by atoms with Gasteiger partial charge in [-0.3, -0.25) is 0 Å². The zero-order chi connectivity index (χ0) is 11.9.